The van der Waals surface area contributed by atoms with Gasteiger partial charge < -0.3 is 25.3 Å². The molecule has 1 unspecified atom stereocenters. The number of hydrogen-bond acceptors (Lipinski definition) is 5. The molecule has 0 saturated heterocycles. The number of ether oxygens (including phenoxy) is 3. The van der Waals surface area contributed by atoms with Crippen molar-refractivity contribution in [2.24, 2.45) is 11.7 Å². The third-order valence-electron chi connectivity index (χ3n) is 4.27. The number of rotatable bonds is 10. The molecule has 6 nitrogen and oxygen atoms in total. The Balaban J connectivity index is 0.00000625. The molecule has 0 aliphatic rings. The van der Waals surface area contributed by atoms with Gasteiger partial charge in [0, 0.05) is 12.1 Å². The molecule has 0 heterocycles. The van der Waals surface area contributed by atoms with Gasteiger partial charge in [0.2, 0.25) is 5.75 Å². The summed E-state index contributed by atoms with van der Waals surface area (Å²) in [5, 5.41) is 3.03. The van der Waals surface area contributed by atoms with Crippen LogP contribution in [0.3, 0.4) is 0 Å². The Kier molecular flexibility index (Phi) is 10.4. The Morgan fingerprint density at radius 1 is 1.08 bits per heavy atom. The quantitative estimate of drug-likeness (QED) is 0.641. The Labute approximate surface area is 163 Å². The van der Waals surface area contributed by atoms with Crippen LogP contribution in [0.5, 0.6) is 17.2 Å². The first-order valence-electron chi connectivity index (χ1n) is 8.91. The van der Waals surface area contributed by atoms with Crippen molar-refractivity contribution in [2.45, 2.75) is 47.1 Å². The highest BCUT2D eigenvalue weighted by Crippen LogP contribution is 2.39. The molecule has 0 saturated carbocycles. The number of carbonyl (C=O) groups is 1. The van der Waals surface area contributed by atoms with Gasteiger partial charge in [-0.25, -0.2) is 0 Å². The fraction of sp³-hybridized carbons (Fsp3) is 0.632. The zero-order valence-corrected chi connectivity index (χ0v) is 17.5. The van der Waals surface area contributed by atoms with Gasteiger partial charge in [-0.1, -0.05) is 13.8 Å². The first-order chi connectivity index (χ1) is 11.8. The minimum atomic E-state index is -0.493. The SMILES string of the molecule is CCOc1cc(C(=O)NC(C)(CN)C(C)C)cc(OCC)c1OCC.Cl. The number of halogens is 1. The van der Waals surface area contributed by atoms with Crippen molar-refractivity contribution < 1.29 is 19.0 Å². The first-order valence-corrected chi connectivity index (χ1v) is 8.91. The molecule has 0 aromatic heterocycles. The zero-order valence-electron chi connectivity index (χ0n) is 16.7. The molecule has 0 aliphatic heterocycles. The van der Waals surface area contributed by atoms with Crippen molar-refractivity contribution in [3.05, 3.63) is 17.7 Å². The van der Waals surface area contributed by atoms with Crippen molar-refractivity contribution in [3.63, 3.8) is 0 Å². The molecule has 0 radical (unpaired) electrons. The Morgan fingerprint density at radius 3 is 1.88 bits per heavy atom. The summed E-state index contributed by atoms with van der Waals surface area (Å²) in [6.07, 6.45) is 0. The molecule has 0 spiro atoms. The normalized spacial score (nSPS) is 12.8. The van der Waals surface area contributed by atoms with Crippen molar-refractivity contribution in [3.8, 4) is 17.2 Å². The lowest BCUT2D eigenvalue weighted by molar-refractivity contribution is 0.0882. The van der Waals surface area contributed by atoms with E-state index in [0.717, 1.165) is 0 Å². The third-order valence-corrected chi connectivity index (χ3v) is 4.27. The average molecular weight is 389 g/mol. The number of nitrogens with two attached hydrogens (primary N) is 1. The average Bonchev–Trinajstić information content (AvgIpc) is 2.57. The second kappa shape index (κ2) is 11.1. The summed E-state index contributed by atoms with van der Waals surface area (Å²) in [7, 11) is 0. The zero-order chi connectivity index (χ0) is 19.0. The van der Waals surface area contributed by atoms with Crippen LogP contribution in [-0.2, 0) is 0 Å². The first kappa shape index (κ1) is 24.3. The van der Waals surface area contributed by atoms with Gasteiger partial charge in [0.25, 0.3) is 5.91 Å². The van der Waals surface area contributed by atoms with Gasteiger partial charge in [-0.3, -0.25) is 4.79 Å². The van der Waals surface area contributed by atoms with Crippen LogP contribution in [0.2, 0.25) is 0 Å². The van der Waals surface area contributed by atoms with E-state index in [1.807, 2.05) is 41.5 Å². The maximum atomic E-state index is 12.8. The van der Waals surface area contributed by atoms with Crippen LogP contribution in [0.15, 0.2) is 12.1 Å². The van der Waals surface area contributed by atoms with Gasteiger partial charge in [-0.15, -0.1) is 12.4 Å². The van der Waals surface area contributed by atoms with E-state index in [1.165, 1.54) is 0 Å². The summed E-state index contributed by atoms with van der Waals surface area (Å²) in [5.74, 6) is 1.50. The monoisotopic (exact) mass is 388 g/mol. The van der Waals surface area contributed by atoms with Crippen molar-refractivity contribution in [2.75, 3.05) is 26.4 Å². The lowest BCUT2D eigenvalue weighted by atomic mass is 9.88. The van der Waals surface area contributed by atoms with Gasteiger partial charge in [0.15, 0.2) is 11.5 Å². The van der Waals surface area contributed by atoms with Crippen molar-refractivity contribution >= 4 is 18.3 Å². The van der Waals surface area contributed by atoms with E-state index < -0.39 is 5.54 Å². The Bertz CT molecular complexity index is 554. The van der Waals surface area contributed by atoms with Gasteiger partial charge in [-0.05, 0) is 45.7 Å². The summed E-state index contributed by atoms with van der Waals surface area (Å²) in [4.78, 5) is 12.8. The molecule has 0 fully saturated rings. The number of benzene rings is 1. The van der Waals surface area contributed by atoms with Gasteiger partial charge in [0.1, 0.15) is 0 Å². The molecule has 0 bridgehead atoms. The fourth-order valence-electron chi connectivity index (χ4n) is 2.28. The summed E-state index contributed by atoms with van der Waals surface area (Å²) in [5.41, 5.74) is 5.83. The molecule has 26 heavy (non-hydrogen) atoms. The van der Waals surface area contributed by atoms with Crippen LogP contribution in [-0.4, -0.2) is 37.8 Å². The lowest BCUT2D eigenvalue weighted by Gasteiger charge is -2.33. The third kappa shape index (κ3) is 5.95. The standard InChI is InChI=1S/C19H32N2O4.ClH/c1-7-23-15-10-14(11-16(24-8-2)17(15)25-9-3)18(22)21-19(6,12-20)13(4)5;/h10-11,13H,7-9,12,20H2,1-6H3,(H,21,22);1H. The van der Waals surface area contributed by atoms with E-state index in [2.05, 4.69) is 5.32 Å². The Morgan fingerprint density at radius 2 is 1.54 bits per heavy atom. The number of carbonyl (C=O) groups excluding carboxylic acids is 1. The summed E-state index contributed by atoms with van der Waals surface area (Å²) in [6.45, 7) is 13.4. The summed E-state index contributed by atoms with van der Waals surface area (Å²) < 4.78 is 17.0. The van der Waals surface area contributed by atoms with E-state index in [-0.39, 0.29) is 24.2 Å². The van der Waals surface area contributed by atoms with E-state index in [9.17, 15) is 4.79 Å². The maximum Gasteiger partial charge on any atom is 0.252 e. The highest BCUT2D eigenvalue weighted by Gasteiger charge is 2.29. The number of nitrogens with one attached hydrogen (secondary N) is 1. The summed E-state index contributed by atoms with van der Waals surface area (Å²) in [6, 6.07) is 3.37. The van der Waals surface area contributed by atoms with Crippen molar-refractivity contribution in [1.29, 1.82) is 0 Å². The molecule has 1 aromatic rings. The second-order valence-electron chi connectivity index (χ2n) is 6.33. The van der Waals surface area contributed by atoms with Crippen LogP contribution in [0.4, 0.5) is 0 Å². The highest BCUT2D eigenvalue weighted by atomic mass is 35.5. The molecule has 7 heteroatoms. The molecular formula is C19H33ClN2O4. The van der Waals surface area contributed by atoms with Crippen LogP contribution in [0.1, 0.15) is 51.9 Å². The Hall–Kier alpha value is -1.66. The van der Waals surface area contributed by atoms with E-state index in [4.69, 9.17) is 19.9 Å². The molecule has 1 rings (SSSR count). The maximum absolute atomic E-state index is 12.8. The molecule has 1 atom stereocenters. The van der Waals surface area contributed by atoms with Gasteiger partial charge in [0.05, 0.1) is 25.4 Å². The molecule has 3 N–H and O–H groups in total. The molecule has 1 aromatic carbocycles. The lowest BCUT2D eigenvalue weighted by Crippen LogP contribution is -2.55. The second-order valence-corrected chi connectivity index (χ2v) is 6.33. The number of amides is 1. The van der Waals surface area contributed by atoms with E-state index in [1.54, 1.807) is 12.1 Å². The highest BCUT2D eigenvalue weighted by molar-refractivity contribution is 5.96. The topological polar surface area (TPSA) is 82.8 Å². The van der Waals surface area contributed by atoms with Crippen LogP contribution in [0, 0.1) is 5.92 Å². The van der Waals surface area contributed by atoms with E-state index in [0.29, 0.717) is 49.2 Å². The fourth-order valence-corrected chi connectivity index (χ4v) is 2.28. The number of hydrogen-bond donors (Lipinski definition) is 2. The molecular weight excluding hydrogens is 356 g/mol. The predicted molar refractivity (Wildman–Crippen MR) is 107 cm³/mol. The van der Waals surface area contributed by atoms with Gasteiger partial charge >= 0.3 is 0 Å². The minimum absolute atomic E-state index is 0. The minimum Gasteiger partial charge on any atom is -0.490 e. The summed E-state index contributed by atoms with van der Waals surface area (Å²) >= 11 is 0. The van der Waals surface area contributed by atoms with Crippen molar-refractivity contribution in [1.82, 2.24) is 5.32 Å². The predicted octanol–water partition coefficient (Wildman–Crippen LogP) is 3.41. The van der Waals surface area contributed by atoms with Crippen LogP contribution in [0.25, 0.3) is 0 Å². The van der Waals surface area contributed by atoms with Crippen LogP contribution >= 0.6 is 12.4 Å². The molecule has 0 aliphatic carbocycles. The molecule has 150 valence electrons. The molecule has 1 amide bonds. The van der Waals surface area contributed by atoms with Gasteiger partial charge in [-0.2, -0.15) is 0 Å². The van der Waals surface area contributed by atoms with E-state index >= 15 is 0 Å². The largest absolute Gasteiger partial charge is 0.490 e. The van der Waals surface area contributed by atoms with Crippen LogP contribution < -0.4 is 25.3 Å². The smallest absolute Gasteiger partial charge is 0.252 e.